The van der Waals surface area contributed by atoms with Crippen molar-refractivity contribution in [2.45, 2.75) is 51.9 Å². The van der Waals surface area contributed by atoms with Gasteiger partial charge in [-0.15, -0.1) is 10.2 Å². The monoisotopic (exact) mass is 533 g/mol. The van der Waals surface area contributed by atoms with E-state index < -0.39 is 6.04 Å². The molecule has 3 aromatic rings. The molecule has 0 aliphatic heterocycles. The maximum absolute atomic E-state index is 13.0. The number of amides is 2. The van der Waals surface area contributed by atoms with Gasteiger partial charge in [0, 0.05) is 17.3 Å². The maximum Gasteiger partial charge on any atom is 0.253 e. The number of nitrogens with one attached hydrogen (secondary N) is 2. The van der Waals surface area contributed by atoms with Crippen molar-refractivity contribution in [1.29, 1.82) is 0 Å². The number of hydrogen-bond acceptors (Lipinski definition) is 5. The number of benzene rings is 2. The fourth-order valence-corrected chi connectivity index (χ4v) is 4.93. The minimum absolute atomic E-state index is 0.0335. The lowest BCUT2D eigenvalue weighted by molar-refractivity contribution is -0.113. The number of aryl methyl sites for hydroxylation is 1. The number of nitrogens with zero attached hydrogens (tertiary/aromatic N) is 3. The summed E-state index contributed by atoms with van der Waals surface area (Å²) >= 11 is 13.5. The summed E-state index contributed by atoms with van der Waals surface area (Å²) in [6, 6.07) is 12.1. The van der Waals surface area contributed by atoms with E-state index in [-0.39, 0.29) is 28.5 Å². The molecule has 0 saturated carbocycles. The molecule has 0 saturated heterocycles. The summed E-state index contributed by atoms with van der Waals surface area (Å²) in [4.78, 5) is 25.6. The molecule has 3 rings (SSSR count). The number of hydrogen-bond donors (Lipinski definition) is 2. The van der Waals surface area contributed by atoms with Gasteiger partial charge in [-0.2, -0.15) is 0 Å². The first-order chi connectivity index (χ1) is 16.7. The van der Waals surface area contributed by atoms with Crippen molar-refractivity contribution in [2.24, 2.45) is 5.92 Å². The number of aromatic nitrogens is 3. The zero-order valence-corrected chi connectivity index (χ0v) is 22.5. The zero-order valence-electron chi connectivity index (χ0n) is 20.1. The third-order valence-electron chi connectivity index (χ3n) is 5.47. The molecule has 1 heterocycles. The molecule has 1 aromatic heterocycles. The predicted molar refractivity (Wildman–Crippen MR) is 142 cm³/mol. The second-order valence-corrected chi connectivity index (χ2v) is 10.0. The molecule has 2 amide bonds. The van der Waals surface area contributed by atoms with Crippen LogP contribution in [-0.2, 0) is 17.8 Å². The maximum atomic E-state index is 13.0. The fourth-order valence-electron chi connectivity index (χ4n) is 3.62. The highest BCUT2D eigenvalue weighted by Crippen LogP contribution is 2.27. The smallest absolute Gasteiger partial charge is 0.253 e. The molecule has 186 valence electrons. The van der Waals surface area contributed by atoms with Crippen LogP contribution in [0.5, 0.6) is 0 Å². The highest BCUT2D eigenvalue weighted by molar-refractivity contribution is 7.99. The number of para-hydroxylation sites is 1. The first-order valence-corrected chi connectivity index (χ1v) is 13.2. The molecule has 2 N–H and O–H groups in total. The van der Waals surface area contributed by atoms with Crippen LogP contribution in [0.3, 0.4) is 0 Å². The molecule has 1 atom stereocenters. The van der Waals surface area contributed by atoms with Gasteiger partial charge < -0.3 is 15.2 Å². The lowest BCUT2D eigenvalue weighted by Gasteiger charge is -2.22. The Balaban J connectivity index is 1.73. The first kappa shape index (κ1) is 27.0. The number of halogens is 2. The molecular formula is C25H29Cl2N5O2S. The van der Waals surface area contributed by atoms with Gasteiger partial charge in [-0.1, -0.05) is 73.9 Å². The Bertz CT molecular complexity index is 1200. The van der Waals surface area contributed by atoms with E-state index in [0.717, 1.165) is 17.7 Å². The third-order valence-corrected chi connectivity index (χ3v) is 6.99. The molecule has 0 radical (unpaired) electrons. The first-order valence-electron chi connectivity index (χ1n) is 11.4. The van der Waals surface area contributed by atoms with Gasteiger partial charge in [0.15, 0.2) is 11.0 Å². The van der Waals surface area contributed by atoms with Gasteiger partial charge in [-0.3, -0.25) is 9.59 Å². The quantitative estimate of drug-likeness (QED) is 0.311. The number of carbonyl (C=O) groups is 2. The number of carbonyl (C=O) groups excluding carboxylic acids is 2. The fraction of sp³-hybridized carbons (Fsp3) is 0.360. The van der Waals surface area contributed by atoms with Crippen LogP contribution in [-0.4, -0.2) is 32.3 Å². The second kappa shape index (κ2) is 12.4. The molecule has 2 aromatic carbocycles. The molecule has 35 heavy (non-hydrogen) atoms. The molecule has 10 heteroatoms. The molecule has 7 nitrogen and oxygen atoms in total. The van der Waals surface area contributed by atoms with Crippen molar-refractivity contribution in [3.05, 3.63) is 69.5 Å². The minimum atomic E-state index is -0.402. The van der Waals surface area contributed by atoms with Crippen LogP contribution in [0.1, 0.15) is 55.5 Å². The third kappa shape index (κ3) is 6.78. The summed E-state index contributed by atoms with van der Waals surface area (Å²) in [5.41, 5.74) is 2.24. The molecular weight excluding hydrogens is 505 g/mol. The molecule has 0 bridgehead atoms. The van der Waals surface area contributed by atoms with Crippen molar-refractivity contribution >= 4 is 52.5 Å². The van der Waals surface area contributed by atoms with Crippen LogP contribution in [0.2, 0.25) is 10.0 Å². The number of thioether (sulfide) groups is 1. The summed E-state index contributed by atoms with van der Waals surface area (Å²) in [5.74, 6) is 0.412. The van der Waals surface area contributed by atoms with Crippen molar-refractivity contribution < 1.29 is 9.59 Å². The average molecular weight is 535 g/mol. The number of anilines is 1. The van der Waals surface area contributed by atoms with Gasteiger partial charge in [0.25, 0.3) is 5.91 Å². The summed E-state index contributed by atoms with van der Waals surface area (Å²) in [7, 11) is 0. The summed E-state index contributed by atoms with van der Waals surface area (Å²) in [6.45, 7) is 8.61. The molecule has 0 aliphatic rings. The van der Waals surface area contributed by atoms with E-state index in [0.29, 0.717) is 28.1 Å². The summed E-state index contributed by atoms with van der Waals surface area (Å²) in [5, 5.41) is 16.0. The lowest BCUT2D eigenvalue weighted by atomic mass is 10.0. The van der Waals surface area contributed by atoms with Crippen LogP contribution >= 0.6 is 35.0 Å². The normalized spacial score (nSPS) is 12.0. The van der Waals surface area contributed by atoms with Gasteiger partial charge in [-0.05, 0) is 49.1 Å². The van der Waals surface area contributed by atoms with Gasteiger partial charge in [0.1, 0.15) is 0 Å². The Kier molecular flexibility index (Phi) is 9.60. The molecule has 0 aliphatic carbocycles. The molecule has 0 fully saturated rings. The van der Waals surface area contributed by atoms with E-state index in [1.807, 2.05) is 49.6 Å². The largest absolute Gasteiger partial charge is 0.342 e. The molecule has 0 unspecified atom stereocenters. The van der Waals surface area contributed by atoms with Gasteiger partial charge in [0.2, 0.25) is 5.91 Å². The SMILES string of the molecule is CCc1ccccc1NC(=O)CSc1nnc([C@H](NC(=O)c2ccc(Cl)cc2Cl)C(C)C)n1CC. The Morgan fingerprint density at radius 3 is 2.49 bits per heavy atom. The van der Waals surface area contributed by atoms with Gasteiger partial charge >= 0.3 is 0 Å². The van der Waals surface area contributed by atoms with Crippen LogP contribution in [0.25, 0.3) is 0 Å². The topological polar surface area (TPSA) is 88.9 Å². The zero-order chi connectivity index (χ0) is 25.5. The van der Waals surface area contributed by atoms with Crippen LogP contribution in [0.4, 0.5) is 5.69 Å². The average Bonchev–Trinajstić information content (AvgIpc) is 3.23. The van der Waals surface area contributed by atoms with Gasteiger partial charge in [-0.25, -0.2) is 0 Å². The van der Waals surface area contributed by atoms with E-state index in [1.165, 1.54) is 17.8 Å². The Morgan fingerprint density at radius 1 is 1.09 bits per heavy atom. The highest BCUT2D eigenvalue weighted by atomic mass is 35.5. The van der Waals surface area contributed by atoms with Crippen molar-refractivity contribution in [3.8, 4) is 0 Å². The standard InChI is InChI=1S/C25H29Cl2N5O2S/c1-5-16-9-7-8-10-20(16)28-21(33)14-35-25-31-30-23(32(25)6-2)22(15(3)4)29-24(34)18-12-11-17(26)13-19(18)27/h7-13,15,22H,5-6,14H2,1-4H3,(H,28,33)(H,29,34)/t22-/m1/s1. The van der Waals surface area contributed by atoms with Crippen molar-refractivity contribution in [2.75, 3.05) is 11.1 Å². The van der Waals surface area contributed by atoms with Crippen LogP contribution < -0.4 is 10.6 Å². The Labute approximate surface area is 220 Å². The molecule has 0 spiro atoms. The summed E-state index contributed by atoms with van der Waals surface area (Å²) < 4.78 is 1.92. The predicted octanol–water partition coefficient (Wildman–Crippen LogP) is 6.03. The van der Waals surface area contributed by atoms with E-state index in [1.54, 1.807) is 12.1 Å². The number of rotatable bonds is 10. The second-order valence-electron chi connectivity index (χ2n) is 8.25. The van der Waals surface area contributed by atoms with Gasteiger partial charge in [0.05, 0.1) is 22.4 Å². The summed E-state index contributed by atoms with van der Waals surface area (Å²) in [6.07, 6.45) is 0.834. The van der Waals surface area contributed by atoms with Crippen LogP contribution in [0.15, 0.2) is 47.6 Å². The van der Waals surface area contributed by atoms with Crippen LogP contribution in [0, 0.1) is 5.92 Å². The minimum Gasteiger partial charge on any atom is -0.342 e. The van der Waals surface area contributed by atoms with Crippen molar-refractivity contribution in [3.63, 3.8) is 0 Å². The van der Waals surface area contributed by atoms with E-state index in [9.17, 15) is 9.59 Å². The Morgan fingerprint density at radius 2 is 1.83 bits per heavy atom. The Hall–Kier alpha value is -2.55. The highest BCUT2D eigenvalue weighted by Gasteiger charge is 2.27. The van der Waals surface area contributed by atoms with E-state index >= 15 is 0 Å². The van der Waals surface area contributed by atoms with E-state index in [4.69, 9.17) is 23.2 Å². The van der Waals surface area contributed by atoms with Crippen molar-refractivity contribution in [1.82, 2.24) is 20.1 Å². The van der Waals surface area contributed by atoms with E-state index in [2.05, 4.69) is 27.8 Å². The lowest BCUT2D eigenvalue weighted by Crippen LogP contribution is -2.34.